The minimum Gasteiger partial charge on any atom is -0.493 e. The van der Waals surface area contributed by atoms with E-state index in [1.165, 1.54) is 19.3 Å². The first-order chi connectivity index (χ1) is 10.3. The molecule has 1 amide bonds. The highest BCUT2D eigenvalue weighted by atomic mass is 16.5. The van der Waals surface area contributed by atoms with E-state index in [1.54, 1.807) is 18.0 Å². The summed E-state index contributed by atoms with van der Waals surface area (Å²) in [5, 5.41) is 7.30. The second-order valence-corrected chi connectivity index (χ2v) is 5.33. The van der Waals surface area contributed by atoms with Crippen LogP contribution >= 0.6 is 0 Å². The van der Waals surface area contributed by atoms with Gasteiger partial charge < -0.3 is 10.1 Å². The molecule has 0 atom stereocenters. The van der Waals surface area contributed by atoms with Crippen LogP contribution < -0.4 is 10.1 Å². The number of hydrogen-bond acceptors (Lipinski definition) is 3. The van der Waals surface area contributed by atoms with Gasteiger partial charge in [-0.2, -0.15) is 5.10 Å². The van der Waals surface area contributed by atoms with Crippen molar-refractivity contribution in [3.8, 4) is 11.4 Å². The molecule has 0 saturated heterocycles. The third-order valence-electron chi connectivity index (χ3n) is 3.91. The lowest BCUT2D eigenvalue weighted by molar-refractivity contribution is 0.0930. The number of methoxy groups -OCH3 is 1. The summed E-state index contributed by atoms with van der Waals surface area (Å²) in [6.07, 6.45) is 5.41. The largest absolute Gasteiger partial charge is 0.493 e. The molecular formula is C16H19N3O2. The minimum atomic E-state index is -0.173. The predicted molar refractivity (Wildman–Crippen MR) is 79.8 cm³/mol. The Labute approximate surface area is 123 Å². The molecular weight excluding hydrogens is 266 g/mol. The number of benzene rings is 1. The minimum absolute atomic E-state index is 0.173. The number of para-hydroxylation sites is 1. The molecule has 1 aliphatic carbocycles. The third kappa shape index (κ3) is 2.91. The highest BCUT2D eigenvalue weighted by Gasteiger charge is 2.22. The molecule has 1 heterocycles. The molecule has 1 aliphatic rings. The number of aromatic nitrogens is 2. The summed E-state index contributed by atoms with van der Waals surface area (Å²) in [4.78, 5) is 12.2. The molecule has 1 aromatic carbocycles. The van der Waals surface area contributed by atoms with E-state index < -0.39 is 0 Å². The maximum absolute atomic E-state index is 12.2. The fourth-order valence-corrected chi connectivity index (χ4v) is 2.40. The van der Waals surface area contributed by atoms with Crippen LogP contribution in [0.4, 0.5) is 0 Å². The van der Waals surface area contributed by atoms with Crippen molar-refractivity contribution in [2.75, 3.05) is 13.7 Å². The second-order valence-electron chi connectivity index (χ2n) is 5.33. The van der Waals surface area contributed by atoms with Gasteiger partial charge >= 0.3 is 0 Å². The Morgan fingerprint density at radius 1 is 1.38 bits per heavy atom. The van der Waals surface area contributed by atoms with Gasteiger partial charge in [0.15, 0.2) is 11.4 Å². The molecule has 1 saturated carbocycles. The predicted octanol–water partition coefficient (Wildman–Crippen LogP) is 2.41. The van der Waals surface area contributed by atoms with Gasteiger partial charge in [0.25, 0.3) is 5.91 Å². The van der Waals surface area contributed by atoms with Crippen LogP contribution in [0.5, 0.6) is 5.75 Å². The van der Waals surface area contributed by atoms with E-state index >= 15 is 0 Å². The summed E-state index contributed by atoms with van der Waals surface area (Å²) in [5.74, 6) is 0.939. The first kappa shape index (κ1) is 13.7. The number of ether oxygens (including phenoxy) is 1. The average molecular weight is 285 g/mol. The molecule has 5 nitrogen and oxygen atoms in total. The molecule has 5 heteroatoms. The first-order valence-corrected chi connectivity index (χ1v) is 7.25. The Kier molecular flexibility index (Phi) is 3.90. The Morgan fingerprint density at radius 3 is 2.76 bits per heavy atom. The van der Waals surface area contributed by atoms with Crippen LogP contribution in [-0.2, 0) is 0 Å². The molecule has 0 unspecified atom stereocenters. The quantitative estimate of drug-likeness (QED) is 0.918. The average Bonchev–Trinajstić information content (AvgIpc) is 2.90. The molecule has 1 N–H and O–H groups in total. The van der Waals surface area contributed by atoms with Gasteiger partial charge in [-0.3, -0.25) is 4.79 Å². The van der Waals surface area contributed by atoms with Gasteiger partial charge in [0.2, 0.25) is 0 Å². The molecule has 0 spiro atoms. The molecule has 2 aromatic rings. The molecule has 1 aromatic heterocycles. The number of carbonyl (C=O) groups excluding carboxylic acids is 1. The van der Waals surface area contributed by atoms with E-state index in [-0.39, 0.29) is 5.91 Å². The third-order valence-corrected chi connectivity index (χ3v) is 3.91. The lowest BCUT2D eigenvalue weighted by Gasteiger charge is -2.25. The van der Waals surface area contributed by atoms with E-state index in [0.717, 1.165) is 12.2 Å². The van der Waals surface area contributed by atoms with Gasteiger partial charge in [-0.25, -0.2) is 4.68 Å². The zero-order valence-corrected chi connectivity index (χ0v) is 12.1. The number of nitrogens with zero attached hydrogens (tertiary/aromatic N) is 2. The van der Waals surface area contributed by atoms with Crippen molar-refractivity contribution in [1.82, 2.24) is 15.1 Å². The van der Waals surface area contributed by atoms with E-state index in [4.69, 9.17) is 4.74 Å². The van der Waals surface area contributed by atoms with Crippen molar-refractivity contribution in [3.05, 3.63) is 42.2 Å². The Balaban J connectivity index is 1.77. The number of hydrogen-bond donors (Lipinski definition) is 1. The van der Waals surface area contributed by atoms with Crippen molar-refractivity contribution < 1.29 is 9.53 Å². The molecule has 0 radical (unpaired) electrons. The van der Waals surface area contributed by atoms with Crippen molar-refractivity contribution in [1.29, 1.82) is 0 Å². The molecule has 1 fully saturated rings. The normalized spacial score (nSPS) is 14.5. The lowest BCUT2D eigenvalue weighted by atomic mass is 9.85. The van der Waals surface area contributed by atoms with Crippen LogP contribution in [0.15, 0.2) is 36.5 Å². The van der Waals surface area contributed by atoms with Gasteiger partial charge in [-0.15, -0.1) is 0 Å². The standard InChI is InChI=1S/C16H19N3O2/c1-21-14-11-19(13-8-3-2-4-9-13)18-15(14)16(20)17-10-12-6-5-7-12/h2-4,8-9,11-12H,5-7,10H2,1H3,(H,17,20). The number of nitrogens with one attached hydrogen (secondary N) is 1. The Hall–Kier alpha value is -2.30. The van der Waals surface area contributed by atoms with Crippen LogP contribution in [0.25, 0.3) is 5.69 Å². The van der Waals surface area contributed by atoms with Crippen LogP contribution in [0.1, 0.15) is 29.8 Å². The van der Waals surface area contributed by atoms with Crippen molar-refractivity contribution in [2.24, 2.45) is 5.92 Å². The van der Waals surface area contributed by atoms with Crippen molar-refractivity contribution in [2.45, 2.75) is 19.3 Å². The van der Waals surface area contributed by atoms with Crippen molar-refractivity contribution >= 4 is 5.91 Å². The van der Waals surface area contributed by atoms with E-state index in [2.05, 4.69) is 10.4 Å². The van der Waals surface area contributed by atoms with Gasteiger partial charge in [-0.1, -0.05) is 24.6 Å². The Morgan fingerprint density at radius 2 is 2.14 bits per heavy atom. The summed E-state index contributed by atoms with van der Waals surface area (Å²) in [5.41, 5.74) is 1.23. The molecule has 110 valence electrons. The van der Waals surface area contributed by atoms with E-state index in [9.17, 15) is 4.79 Å². The van der Waals surface area contributed by atoms with Crippen molar-refractivity contribution in [3.63, 3.8) is 0 Å². The number of carbonyl (C=O) groups is 1. The molecule has 21 heavy (non-hydrogen) atoms. The van der Waals surface area contributed by atoms with Crippen LogP contribution in [0, 0.1) is 5.92 Å². The summed E-state index contributed by atoms with van der Waals surface area (Å²) >= 11 is 0. The van der Waals surface area contributed by atoms with Gasteiger partial charge in [-0.05, 0) is 30.9 Å². The topological polar surface area (TPSA) is 56.2 Å². The van der Waals surface area contributed by atoms with Gasteiger partial charge in [0.1, 0.15) is 0 Å². The maximum Gasteiger partial charge on any atom is 0.275 e. The van der Waals surface area contributed by atoms with Crippen LogP contribution in [0.2, 0.25) is 0 Å². The summed E-state index contributed by atoms with van der Waals surface area (Å²) < 4.78 is 6.94. The monoisotopic (exact) mass is 285 g/mol. The maximum atomic E-state index is 12.2. The highest BCUT2D eigenvalue weighted by Crippen LogP contribution is 2.25. The zero-order chi connectivity index (χ0) is 14.7. The van der Waals surface area contributed by atoms with Crippen LogP contribution in [0.3, 0.4) is 0 Å². The van der Waals surface area contributed by atoms with Gasteiger partial charge in [0, 0.05) is 6.54 Å². The highest BCUT2D eigenvalue weighted by molar-refractivity contribution is 5.94. The summed E-state index contributed by atoms with van der Waals surface area (Å²) in [6, 6.07) is 9.67. The summed E-state index contributed by atoms with van der Waals surface area (Å²) in [7, 11) is 1.55. The second kappa shape index (κ2) is 5.99. The molecule has 3 rings (SSSR count). The SMILES string of the molecule is COc1cn(-c2ccccc2)nc1C(=O)NCC1CCC1. The number of rotatable bonds is 5. The van der Waals surface area contributed by atoms with E-state index in [0.29, 0.717) is 17.4 Å². The summed E-state index contributed by atoms with van der Waals surface area (Å²) in [6.45, 7) is 0.722. The van der Waals surface area contributed by atoms with Gasteiger partial charge in [0.05, 0.1) is 19.0 Å². The fraction of sp³-hybridized carbons (Fsp3) is 0.375. The van der Waals surface area contributed by atoms with E-state index in [1.807, 2.05) is 30.3 Å². The van der Waals surface area contributed by atoms with Crippen LogP contribution in [-0.4, -0.2) is 29.3 Å². The zero-order valence-electron chi connectivity index (χ0n) is 12.1. The smallest absolute Gasteiger partial charge is 0.275 e. The molecule has 0 bridgehead atoms. The lowest BCUT2D eigenvalue weighted by Crippen LogP contribution is -2.32. The Bertz CT molecular complexity index is 618. The number of amides is 1. The first-order valence-electron chi connectivity index (χ1n) is 7.25. The molecule has 0 aliphatic heterocycles. The fourth-order valence-electron chi connectivity index (χ4n) is 2.40.